The Bertz CT molecular complexity index is 933. The number of ether oxygens (including phenoxy) is 1. The highest BCUT2D eigenvalue weighted by molar-refractivity contribution is 7.99. The Hall–Kier alpha value is -1.98. The molecule has 3 rings (SSSR count). The van der Waals surface area contributed by atoms with Crippen LogP contribution in [-0.4, -0.2) is 11.3 Å². The smallest absolute Gasteiger partial charge is 0.120 e. The van der Waals surface area contributed by atoms with Crippen molar-refractivity contribution in [2.75, 3.05) is 0 Å². The first-order valence-corrected chi connectivity index (χ1v) is 11.4. The third-order valence-corrected chi connectivity index (χ3v) is 6.44. The van der Waals surface area contributed by atoms with Crippen molar-refractivity contribution in [3.63, 3.8) is 0 Å². The van der Waals surface area contributed by atoms with Crippen LogP contribution in [0.3, 0.4) is 0 Å². The molecule has 2 unspecified atom stereocenters. The molecule has 0 spiro atoms. The third kappa shape index (κ3) is 6.78. The Morgan fingerprint density at radius 1 is 1.00 bits per heavy atom. The standard InChI is InChI=1S/C25H28ClNO2S/c1-2-19(25(27)28)11-12-20-13-14-23(16-24(20)26)30-22-10-6-9-21(15-22)29-17-18-7-4-3-5-8-18/h3-10,13-16,19,25,28H,2,11-12,17,27H2,1H3. The summed E-state index contributed by atoms with van der Waals surface area (Å²) in [5.41, 5.74) is 7.86. The van der Waals surface area contributed by atoms with Crippen LogP contribution >= 0.6 is 23.4 Å². The van der Waals surface area contributed by atoms with Gasteiger partial charge in [-0.25, -0.2) is 0 Å². The predicted octanol–water partition coefficient (Wildman–Crippen LogP) is 6.31. The summed E-state index contributed by atoms with van der Waals surface area (Å²) in [7, 11) is 0. The van der Waals surface area contributed by atoms with Gasteiger partial charge in [0.15, 0.2) is 0 Å². The van der Waals surface area contributed by atoms with Crippen molar-refractivity contribution < 1.29 is 9.84 Å². The lowest BCUT2D eigenvalue weighted by Crippen LogP contribution is -2.29. The third-order valence-electron chi connectivity index (χ3n) is 5.11. The summed E-state index contributed by atoms with van der Waals surface area (Å²) in [6.07, 6.45) is 1.70. The minimum absolute atomic E-state index is 0.0914. The van der Waals surface area contributed by atoms with Crippen molar-refractivity contribution in [1.29, 1.82) is 0 Å². The molecule has 3 aromatic rings. The summed E-state index contributed by atoms with van der Waals surface area (Å²) in [5.74, 6) is 0.936. The number of benzene rings is 3. The van der Waals surface area contributed by atoms with Gasteiger partial charge in [0.05, 0.1) is 0 Å². The second-order valence-electron chi connectivity index (χ2n) is 7.30. The summed E-state index contributed by atoms with van der Waals surface area (Å²) >= 11 is 8.17. The molecule has 158 valence electrons. The highest BCUT2D eigenvalue weighted by Gasteiger charge is 2.14. The van der Waals surface area contributed by atoms with Gasteiger partial charge >= 0.3 is 0 Å². The zero-order chi connectivity index (χ0) is 21.3. The van der Waals surface area contributed by atoms with E-state index in [0.29, 0.717) is 6.61 Å². The van der Waals surface area contributed by atoms with Crippen molar-refractivity contribution in [3.05, 3.63) is 88.9 Å². The van der Waals surface area contributed by atoms with Gasteiger partial charge < -0.3 is 15.6 Å². The maximum Gasteiger partial charge on any atom is 0.120 e. The van der Waals surface area contributed by atoms with E-state index in [-0.39, 0.29) is 5.92 Å². The normalized spacial score (nSPS) is 13.1. The quantitative estimate of drug-likeness (QED) is 0.362. The van der Waals surface area contributed by atoms with Gasteiger partial charge in [0, 0.05) is 14.8 Å². The van der Waals surface area contributed by atoms with Gasteiger partial charge in [-0.2, -0.15) is 0 Å². The highest BCUT2D eigenvalue weighted by atomic mass is 35.5. The molecule has 0 bridgehead atoms. The average Bonchev–Trinajstić information content (AvgIpc) is 2.75. The van der Waals surface area contributed by atoms with Crippen molar-refractivity contribution in [2.24, 2.45) is 11.7 Å². The molecule has 0 fully saturated rings. The van der Waals surface area contributed by atoms with Gasteiger partial charge in [0.1, 0.15) is 18.6 Å². The molecule has 0 radical (unpaired) electrons. The summed E-state index contributed by atoms with van der Waals surface area (Å²) in [6.45, 7) is 2.59. The first-order chi connectivity index (χ1) is 14.5. The molecule has 0 heterocycles. The lowest BCUT2D eigenvalue weighted by molar-refractivity contribution is 0.106. The van der Waals surface area contributed by atoms with Crippen LogP contribution in [0.4, 0.5) is 0 Å². The van der Waals surface area contributed by atoms with Gasteiger partial charge in [0.2, 0.25) is 0 Å². The number of rotatable bonds is 10. The van der Waals surface area contributed by atoms with Crippen molar-refractivity contribution >= 4 is 23.4 Å². The van der Waals surface area contributed by atoms with Crippen molar-refractivity contribution in [1.82, 2.24) is 0 Å². The number of aliphatic hydroxyl groups is 1. The average molecular weight is 442 g/mol. The van der Waals surface area contributed by atoms with Crippen LogP contribution in [0.5, 0.6) is 5.75 Å². The van der Waals surface area contributed by atoms with Gasteiger partial charge in [-0.15, -0.1) is 0 Å². The first kappa shape index (κ1) is 22.7. The van der Waals surface area contributed by atoms with E-state index in [9.17, 15) is 5.11 Å². The molecule has 0 aliphatic carbocycles. The van der Waals surface area contributed by atoms with E-state index < -0.39 is 6.23 Å². The number of hydrogen-bond acceptors (Lipinski definition) is 4. The largest absolute Gasteiger partial charge is 0.489 e. The molecule has 3 aromatic carbocycles. The number of halogens is 1. The molecule has 0 saturated heterocycles. The summed E-state index contributed by atoms with van der Waals surface area (Å²) in [6, 6.07) is 24.4. The maximum atomic E-state index is 9.62. The molecule has 2 atom stereocenters. The summed E-state index contributed by atoms with van der Waals surface area (Å²) < 4.78 is 5.93. The van der Waals surface area contributed by atoms with E-state index in [1.54, 1.807) is 11.8 Å². The number of hydrogen-bond donors (Lipinski definition) is 2. The Morgan fingerprint density at radius 2 is 1.77 bits per heavy atom. The van der Waals surface area contributed by atoms with E-state index in [1.807, 2.05) is 49.4 Å². The van der Waals surface area contributed by atoms with Gasteiger partial charge in [-0.3, -0.25) is 0 Å². The van der Waals surface area contributed by atoms with Gasteiger partial charge in [0.25, 0.3) is 0 Å². The zero-order valence-corrected chi connectivity index (χ0v) is 18.7. The maximum absolute atomic E-state index is 9.62. The molecule has 30 heavy (non-hydrogen) atoms. The van der Waals surface area contributed by atoms with Crippen LogP contribution in [0.1, 0.15) is 30.9 Å². The highest BCUT2D eigenvalue weighted by Crippen LogP contribution is 2.33. The molecule has 0 saturated carbocycles. The fourth-order valence-corrected chi connectivity index (χ4v) is 4.50. The molecular formula is C25H28ClNO2S. The van der Waals surface area contributed by atoms with Crippen LogP contribution in [-0.2, 0) is 13.0 Å². The fourth-order valence-electron chi connectivity index (χ4n) is 3.26. The Kier molecular flexibility index (Phi) is 8.64. The minimum Gasteiger partial charge on any atom is -0.489 e. The van der Waals surface area contributed by atoms with E-state index in [1.165, 1.54) is 0 Å². The van der Waals surface area contributed by atoms with E-state index in [2.05, 4.69) is 30.3 Å². The van der Waals surface area contributed by atoms with E-state index in [0.717, 1.165) is 51.0 Å². The molecule has 3 N–H and O–H groups in total. The molecule has 0 aromatic heterocycles. The molecule has 5 heteroatoms. The first-order valence-electron chi connectivity index (χ1n) is 10.2. The Balaban J connectivity index is 1.60. The van der Waals surface area contributed by atoms with Crippen molar-refractivity contribution in [2.45, 2.75) is 48.8 Å². The Morgan fingerprint density at radius 3 is 2.47 bits per heavy atom. The summed E-state index contributed by atoms with van der Waals surface area (Å²) in [4.78, 5) is 2.18. The van der Waals surface area contributed by atoms with E-state index >= 15 is 0 Å². The number of nitrogens with two attached hydrogens (primary N) is 1. The molecule has 0 aliphatic rings. The van der Waals surface area contributed by atoms with Crippen LogP contribution in [0.15, 0.2) is 82.6 Å². The van der Waals surface area contributed by atoms with Crippen molar-refractivity contribution in [3.8, 4) is 5.75 Å². The number of aryl methyl sites for hydroxylation is 1. The zero-order valence-electron chi connectivity index (χ0n) is 17.1. The predicted molar refractivity (Wildman–Crippen MR) is 125 cm³/mol. The molecule has 0 amide bonds. The van der Waals surface area contributed by atoms with Crippen LogP contribution in [0.2, 0.25) is 5.02 Å². The molecule has 3 nitrogen and oxygen atoms in total. The van der Waals surface area contributed by atoms with Gasteiger partial charge in [-0.1, -0.05) is 72.8 Å². The molecule has 0 aliphatic heterocycles. The fraction of sp³-hybridized carbons (Fsp3) is 0.280. The Labute approximate surface area is 188 Å². The van der Waals surface area contributed by atoms with Gasteiger partial charge in [-0.05, 0) is 66.6 Å². The van der Waals surface area contributed by atoms with E-state index in [4.69, 9.17) is 22.1 Å². The second-order valence-corrected chi connectivity index (χ2v) is 8.86. The minimum atomic E-state index is -0.778. The van der Waals surface area contributed by atoms with Crippen LogP contribution < -0.4 is 10.5 Å². The lowest BCUT2D eigenvalue weighted by atomic mass is 9.96. The summed E-state index contributed by atoms with van der Waals surface area (Å²) in [5, 5.41) is 10.4. The molecular weight excluding hydrogens is 414 g/mol. The topological polar surface area (TPSA) is 55.5 Å². The van der Waals surface area contributed by atoms with Crippen LogP contribution in [0.25, 0.3) is 0 Å². The van der Waals surface area contributed by atoms with Crippen LogP contribution in [0, 0.1) is 5.92 Å². The SMILES string of the molecule is CCC(CCc1ccc(Sc2cccc(OCc3ccccc3)c2)cc1Cl)C(N)O. The lowest BCUT2D eigenvalue weighted by Gasteiger charge is -2.18. The second kappa shape index (κ2) is 11.4. The monoisotopic (exact) mass is 441 g/mol. The number of aliphatic hydroxyl groups excluding tert-OH is 1.